The Labute approximate surface area is 111 Å². The predicted octanol–water partition coefficient (Wildman–Crippen LogP) is 2.33. The zero-order chi connectivity index (χ0) is 15.6. The molecule has 0 heterocycles. The van der Waals surface area contributed by atoms with Crippen LogP contribution in [0.4, 0.5) is 22.0 Å². The lowest BCUT2D eigenvalue weighted by Crippen LogP contribution is -2.16. The molecule has 0 amide bonds. The van der Waals surface area contributed by atoms with Gasteiger partial charge in [-0.3, -0.25) is 0 Å². The molecule has 0 aliphatic heterocycles. The Kier molecular flexibility index (Phi) is 4.92. The summed E-state index contributed by atoms with van der Waals surface area (Å²) in [6.45, 7) is -0.593. The van der Waals surface area contributed by atoms with Gasteiger partial charge in [0.25, 0.3) is 0 Å². The predicted molar refractivity (Wildman–Crippen MR) is 58.5 cm³/mol. The van der Waals surface area contributed by atoms with E-state index in [1.54, 1.807) is 0 Å². The molecule has 10 heteroatoms. The van der Waals surface area contributed by atoms with Crippen LogP contribution in [0.1, 0.15) is 12.8 Å². The Hall–Kier alpha value is -1.42. The van der Waals surface area contributed by atoms with Crippen LogP contribution in [-0.4, -0.2) is 21.2 Å². The van der Waals surface area contributed by atoms with Crippen LogP contribution in [-0.2, 0) is 10.0 Å². The van der Waals surface area contributed by atoms with Gasteiger partial charge in [-0.1, -0.05) is 0 Å². The third-order valence-electron chi connectivity index (χ3n) is 2.13. The van der Waals surface area contributed by atoms with Crippen molar-refractivity contribution in [3.8, 4) is 5.75 Å². The number of nitrogens with two attached hydrogens (primary N) is 1. The smallest absolute Gasteiger partial charge is 0.389 e. The molecule has 0 saturated carbocycles. The lowest BCUT2D eigenvalue weighted by atomic mass is 10.3. The number of hydrogen-bond acceptors (Lipinski definition) is 3. The first-order chi connectivity index (χ1) is 9.00. The Balaban J connectivity index is 2.90. The number of alkyl halides is 3. The summed E-state index contributed by atoms with van der Waals surface area (Å²) in [6.07, 6.45) is -6.10. The van der Waals surface area contributed by atoms with Gasteiger partial charge in [0.1, 0.15) is 10.7 Å². The van der Waals surface area contributed by atoms with Crippen molar-refractivity contribution in [2.24, 2.45) is 5.14 Å². The van der Waals surface area contributed by atoms with E-state index in [0.29, 0.717) is 12.1 Å². The molecule has 1 rings (SSSR count). The molecule has 0 fully saturated rings. The second-order valence-electron chi connectivity index (χ2n) is 3.83. The minimum absolute atomic E-state index is 0.341. The summed E-state index contributed by atoms with van der Waals surface area (Å²) < 4.78 is 88.9. The van der Waals surface area contributed by atoms with Crippen molar-refractivity contribution in [1.82, 2.24) is 0 Å². The Morgan fingerprint density at radius 3 is 2.30 bits per heavy atom. The first-order valence-corrected chi connectivity index (χ1v) is 6.77. The van der Waals surface area contributed by atoms with Crippen LogP contribution >= 0.6 is 0 Å². The van der Waals surface area contributed by atoms with E-state index in [1.807, 2.05) is 0 Å². The summed E-state index contributed by atoms with van der Waals surface area (Å²) in [5.74, 6) is -3.45. The van der Waals surface area contributed by atoms with Crippen LogP contribution in [0.25, 0.3) is 0 Å². The van der Waals surface area contributed by atoms with Crippen molar-refractivity contribution in [3.05, 3.63) is 23.8 Å². The standard InChI is InChI=1S/C10H10F5NO3S/c11-6-4-7(12)9(8(5-6)20(16,17)18)19-3-1-2-10(13,14)15/h4-5H,1-3H2,(H2,16,17,18). The quantitative estimate of drug-likeness (QED) is 0.669. The van der Waals surface area contributed by atoms with E-state index < -0.39 is 57.9 Å². The van der Waals surface area contributed by atoms with Crippen LogP contribution < -0.4 is 9.88 Å². The first-order valence-electron chi connectivity index (χ1n) is 5.22. The highest BCUT2D eigenvalue weighted by molar-refractivity contribution is 7.89. The van der Waals surface area contributed by atoms with Crippen LogP contribution in [0.2, 0.25) is 0 Å². The summed E-state index contributed by atoms with van der Waals surface area (Å²) >= 11 is 0. The maximum absolute atomic E-state index is 13.4. The van der Waals surface area contributed by atoms with E-state index in [4.69, 9.17) is 5.14 Å². The summed E-state index contributed by atoms with van der Waals surface area (Å²) in [5.41, 5.74) is 0. The molecule has 0 atom stereocenters. The molecule has 0 radical (unpaired) electrons. The summed E-state index contributed by atoms with van der Waals surface area (Å²) in [5, 5.41) is 4.75. The fourth-order valence-corrected chi connectivity index (χ4v) is 2.03. The van der Waals surface area contributed by atoms with Gasteiger partial charge in [0.2, 0.25) is 10.0 Å². The van der Waals surface area contributed by atoms with Gasteiger partial charge in [-0.15, -0.1) is 0 Å². The highest BCUT2D eigenvalue weighted by atomic mass is 32.2. The molecule has 114 valence electrons. The molecule has 1 aromatic rings. The average molecular weight is 319 g/mol. The van der Waals surface area contributed by atoms with Gasteiger partial charge in [-0.2, -0.15) is 13.2 Å². The number of rotatable bonds is 5. The zero-order valence-corrected chi connectivity index (χ0v) is 10.7. The van der Waals surface area contributed by atoms with Gasteiger partial charge < -0.3 is 4.74 Å². The zero-order valence-electron chi connectivity index (χ0n) is 9.88. The van der Waals surface area contributed by atoms with Crippen molar-refractivity contribution in [2.45, 2.75) is 23.9 Å². The van der Waals surface area contributed by atoms with E-state index in [9.17, 15) is 30.4 Å². The number of hydrogen-bond donors (Lipinski definition) is 1. The van der Waals surface area contributed by atoms with Gasteiger partial charge in [0.15, 0.2) is 11.6 Å². The van der Waals surface area contributed by atoms with Crippen molar-refractivity contribution in [3.63, 3.8) is 0 Å². The Morgan fingerprint density at radius 1 is 1.20 bits per heavy atom. The van der Waals surface area contributed by atoms with E-state index >= 15 is 0 Å². The molecule has 0 bridgehead atoms. The van der Waals surface area contributed by atoms with Gasteiger partial charge in [-0.25, -0.2) is 22.3 Å². The Bertz CT molecular complexity index is 585. The molecule has 0 saturated heterocycles. The number of benzene rings is 1. The molecule has 4 nitrogen and oxygen atoms in total. The largest absolute Gasteiger partial charge is 0.489 e. The third-order valence-corrected chi connectivity index (χ3v) is 3.05. The molecule has 0 aliphatic carbocycles. The van der Waals surface area contributed by atoms with Crippen LogP contribution in [0.3, 0.4) is 0 Å². The van der Waals surface area contributed by atoms with Crippen LogP contribution in [0.15, 0.2) is 17.0 Å². The minimum atomic E-state index is -4.47. The Morgan fingerprint density at radius 2 is 1.80 bits per heavy atom. The lowest BCUT2D eigenvalue weighted by Gasteiger charge is -2.12. The monoisotopic (exact) mass is 319 g/mol. The maximum atomic E-state index is 13.4. The molecule has 0 aromatic heterocycles. The van der Waals surface area contributed by atoms with Gasteiger partial charge >= 0.3 is 6.18 Å². The van der Waals surface area contributed by atoms with E-state index in [-0.39, 0.29) is 0 Å². The molecular weight excluding hydrogens is 309 g/mol. The molecule has 2 N–H and O–H groups in total. The number of ether oxygens (including phenoxy) is 1. The van der Waals surface area contributed by atoms with Gasteiger partial charge in [0, 0.05) is 12.5 Å². The molecule has 0 unspecified atom stereocenters. The molecule has 20 heavy (non-hydrogen) atoms. The van der Waals surface area contributed by atoms with Crippen molar-refractivity contribution in [2.75, 3.05) is 6.61 Å². The average Bonchev–Trinajstić information content (AvgIpc) is 2.23. The number of halogens is 5. The highest BCUT2D eigenvalue weighted by Crippen LogP contribution is 2.28. The second kappa shape index (κ2) is 5.92. The third kappa shape index (κ3) is 4.93. The van der Waals surface area contributed by atoms with Gasteiger partial charge in [-0.05, 0) is 12.5 Å². The lowest BCUT2D eigenvalue weighted by molar-refractivity contribution is -0.136. The fourth-order valence-electron chi connectivity index (χ4n) is 1.34. The number of primary sulfonamides is 1. The summed E-state index contributed by atoms with van der Waals surface area (Å²) in [6, 6.07) is 0.769. The van der Waals surface area contributed by atoms with Gasteiger partial charge in [0.05, 0.1) is 6.61 Å². The summed E-state index contributed by atoms with van der Waals surface area (Å²) in [7, 11) is -4.47. The maximum Gasteiger partial charge on any atom is 0.389 e. The first kappa shape index (κ1) is 16.6. The fraction of sp³-hybridized carbons (Fsp3) is 0.400. The molecule has 0 aliphatic rings. The minimum Gasteiger partial charge on any atom is -0.489 e. The van der Waals surface area contributed by atoms with Crippen LogP contribution in [0.5, 0.6) is 5.75 Å². The highest BCUT2D eigenvalue weighted by Gasteiger charge is 2.27. The molecule has 1 aromatic carbocycles. The topological polar surface area (TPSA) is 69.4 Å². The van der Waals surface area contributed by atoms with Crippen LogP contribution in [0, 0.1) is 11.6 Å². The SMILES string of the molecule is NS(=O)(=O)c1cc(F)cc(F)c1OCCCC(F)(F)F. The number of sulfonamides is 1. The van der Waals surface area contributed by atoms with Crippen molar-refractivity contribution in [1.29, 1.82) is 0 Å². The van der Waals surface area contributed by atoms with E-state index in [0.717, 1.165) is 0 Å². The van der Waals surface area contributed by atoms with Crippen molar-refractivity contribution >= 4 is 10.0 Å². The van der Waals surface area contributed by atoms with E-state index in [2.05, 4.69) is 4.74 Å². The van der Waals surface area contributed by atoms with Crippen molar-refractivity contribution < 1.29 is 35.1 Å². The van der Waals surface area contributed by atoms with E-state index in [1.165, 1.54) is 0 Å². The normalized spacial score (nSPS) is 12.5. The molecule has 0 spiro atoms. The second-order valence-corrected chi connectivity index (χ2v) is 5.36. The molecular formula is C10H10F5NO3S. The summed E-state index contributed by atoms with van der Waals surface area (Å²) in [4.78, 5) is -0.956.